The number of benzene rings is 1. The van der Waals surface area contributed by atoms with E-state index in [1.54, 1.807) is 7.11 Å². The van der Waals surface area contributed by atoms with Gasteiger partial charge < -0.3 is 20.1 Å². The largest absolute Gasteiger partial charge is 0.483 e. The minimum atomic E-state index is -0.149. The molecule has 0 spiro atoms. The Bertz CT molecular complexity index is 396. The van der Waals surface area contributed by atoms with Crippen molar-refractivity contribution in [2.75, 3.05) is 33.9 Å². The predicted molar refractivity (Wildman–Crippen MR) is 74.3 cm³/mol. The zero-order chi connectivity index (χ0) is 14.1. The Labute approximate surface area is 114 Å². The van der Waals surface area contributed by atoms with Gasteiger partial charge in [0.2, 0.25) is 0 Å². The SMILES string of the molecule is CNC(C)c1ccccc1OCC(=O)NCCOC. The first-order valence-electron chi connectivity index (χ1n) is 6.33. The fourth-order valence-corrected chi connectivity index (χ4v) is 1.61. The third kappa shape index (κ3) is 5.28. The first-order valence-corrected chi connectivity index (χ1v) is 6.33. The minimum absolute atomic E-state index is 0.0111. The van der Waals surface area contributed by atoms with Crippen LogP contribution < -0.4 is 15.4 Å². The number of methoxy groups -OCH3 is 1. The molecule has 1 atom stereocenters. The lowest BCUT2D eigenvalue weighted by atomic mass is 10.1. The van der Waals surface area contributed by atoms with Crippen LogP contribution in [0.5, 0.6) is 5.75 Å². The second kappa shape index (κ2) is 8.50. The molecule has 2 N–H and O–H groups in total. The maximum Gasteiger partial charge on any atom is 0.258 e. The molecule has 0 saturated heterocycles. The molecule has 0 aromatic heterocycles. The van der Waals surface area contributed by atoms with E-state index in [1.165, 1.54) is 0 Å². The highest BCUT2D eigenvalue weighted by Gasteiger charge is 2.10. The van der Waals surface area contributed by atoms with Crippen molar-refractivity contribution in [2.45, 2.75) is 13.0 Å². The molecule has 0 aliphatic rings. The minimum Gasteiger partial charge on any atom is -0.483 e. The second-order valence-corrected chi connectivity index (χ2v) is 4.18. The molecule has 0 radical (unpaired) electrons. The van der Waals surface area contributed by atoms with Crippen LogP contribution in [-0.4, -0.2) is 39.8 Å². The van der Waals surface area contributed by atoms with Crippen molar-refractivity contribution in [3.8, 4) is 5.75 Å². The number of carbonyl (C=O) groups excluding carboxylic acids is 1. The summed E-state index contributed by atoms with van der Waals surface area (Å²) in [5, 5.41) is 5.87. The van der Waals surface area contributed by atoms with Crippen molar-refractivity contribution in [1.29, 1.82) is 0 Å². The Kier molecular flexibility index (Phi) is 6.92. The quantitative estimate of drug-likeness (QED) is 0.692. The lowest BCUT2D eigenvalue weighted by molar-refractivity contribution is -0.123. The summed E-state index contributed by atoms with van der Waals surface area (Å²) in [6, 6.07) is 7.87. The Balaban J connectivity index is 2.50. The molecule has 0 aliphatic carbocycles. The van der Waals surface area contributed by atoms with Crippen LogP contribution >= 0.6 is 0 Å². The molecule has 0 aliphatic heterocycles. The van der Waals surface area contributed by atoms with Crippen LogP contribution in [-0.2, 0) is 9.53 Å². The van der Waals surface area contributed by atoms with Gasteiger partial charge in [-0.2, -0.15) is 0 Å². The van der Waals surface area contributed by atoms with Crippen LogP contribution in [0.4, 0.5) is 0 Å². The van der Waals surface area contributed by atoms with E-state index in [4.69, 9.17) is 9.47 Å². The van der Waals surface area contributed by atoms with Crippen molar-refractivity contribution in [2.24, 2.45) is 0 Å². The van der Waals surface area contributed by atoms with Gasteiger partial charge >= 0.3 is 0 Å². The van der Waals surface area contributed by atoms with Gasteiger partial charge in [0.25, 0.3) is 5.91 Å². The molecular formula is C14H22N2O3. The van der Waals surface area contributed by atoms with Gasteiger partial charge in [-0.05, 0) is 20.0 Å². The summed E-state index contributed by atoms with van der Waals surface area (Å²) in [5.41, 5.74) is 1.04. The summed E-state index contributed by atoms with van der Waals surface area (Å²) in [6.07, 6.45) is 0. The Morgan fingerprint density at radius 1 is 1.37 bits per heavy atom. The molecule has 0 fully saturated rings. The number of hydrogen-bond acceptors (Lipinski definition) is 4. The number of rotatable bonds is 8. The topological polar surface area (TPSA) is 59.6 Å². The highest BCUT2D eigenvalue weighted by molar-refractivity contribution is 5.77. The van der Waals surface area contributed by atoms with E-state index in [9.17, 15) is 4.79 Å². The highest BCUT2D eigenvalue weighted by Crippen LogP contribution is 2.24. The first-order chi connectivity index (χ1) is 9.19. The van der Waals surface area contributed by atoms with Crippen LogP contribution in [0.25, 0.3) is 0 Å². The summed E-state index contributed by atoms with van der Waals surface area (Å²) >= 11 is 0. The van der Waals surface area contributed by atoms with Crippen LogP contribution in [0, 0.1) is 0 Å². The van der Waals surface area contributed by atoms with Crippen LogP contribution in [0.1, 0.15) is 18.5 Å². The van der Waals surface area contributed by atoms with E-state index in [0.717, 1.165) is 11.3 Å². The summed E-state index contributed by atoms with van der Waals surface area (Å²) in [4.78, 5) is 11.5. The van der Waals surface area contributed by atoms with Crippen molar-refractivity contribution >= 4 is 5.91 Å². The summed E-state index contributed by atoms with van der Waals surface area (Å²) in [6.45, 7) is 3.05. The van der Waals surface area contributed by atoms with Gasteiger partial charge in [-0.1, -0.05) is 18.2 Å². The molecule has 5 heteroatoms. The Morgan fingerprint density at radius 2 is 2.11 bits per heavy atom. The standard InChI is InChI=1S/C14H22N2O3/c1-11(15-2)12-6-4-5-7-13(12)19-10-14(17)16-8-9-18-3/h4-7,11,15H,8-10H2,1-3H3,(H,16,17). The summed E-state index contributed by atoms with van der Waals surface area (Å²) in [7, 11) is 3.48. The summed E-state index contributed by atoms with van der Waals surface area (Å²) in [5.74, 6) is 0.579. The normalized spacial score (nSPS) is 11.9. The molecule has 0 bridgehead atoms. The average Bonchev–Trinajstić information content (AvgIpc) is 2.45. The molecule has 1 aromatic carbocycles. The zero-order valence-electron chi connectivity index (χ0n) is 11.7. The second-order valence-electron chi connectivity index (χ2n) is 4.18. The number of nitrogens with one attached hydrogen (secondary N) is 2. The number of hydrogen-bond donors (Lipinski definition) is 2. The van der Waals surface area contributed by atoms with Crippen molar-refractivity contribution in [3.63, 3.8) is 0 Å². The van der Waals surface area contributed by atoms with Gasteiger partial charge in [-0.3, -0.25) is 4.79 Å². The third-order valence-electron chi connectivity index (χ3n) is 2.81. The monoisotopic (exact) mass is 266 g/mol. The van der Waals surface area contributed by atoms with Gasteiger partial charge in [-0.15, -0.1) is 0 Å². The van der Waals surface area contributed by atoms with E-state index in [0.29, 0.717) is 13.2 Å². The van der Waals surface area contributed by atoms with E-state index in [-0.39, 0.29) is 18.6 Å². The highest BCUT2D eigenvalue weighted by atomic mass is 16.5. The predicted octanol–water partition coefficient (Wildman–Crippen LogP) is 1.11. The molecule has 106 valence electrons. The lowest BCUT2D eigenvalue weighted by Crippen LogP contribution is -2.31. The molecule has 0 saturated carbocycles. The molecule has 1 amide bonds. The fourth-order valence-electron chi connectivity index (χ4n) is 1.61. The van der Waals surface area contributed by atoms with E-state index in [2.05, 4.69) is 10.6 Å². The number of para-hydroxylation sites is 1. The van der Waals surface area contributed by atoms with E-state index in [1.807, 2.05) is 38.2 Å². The number of carbonyl (C=O) groups is 1. The molecule has 1 unspecified atom stereocenters. The van der Waals surface area contributed by atoms with E-state index < -0.39 is 0 Å². The number of amides is 1. The molecule has 19 heavy (non-hydrogen) atoms. The summed E-state index contributed by atoms with van der Waals surface area (Å²) < 4.78 is 10.4. The Morgan fingerprint density at radius 3 is 2.79 bits per heavy atom. The van der Waals surface area contributed by atoms with Gasteiger partial charge in [0.05, 0.1) is 6.61 Å². The number of ether oxygens (including phenoxy) is 2. The van der Waals surface area contributed by atoms with Gasteiger partial charge in [0, 0.05) is 25.3 Å². The van der Waals surface area contributed by atoms with Crippen LogP contribution in [0.15, 0.2) is 24.3 Å². The van der Waals surface area contributed by atoms with Crippen molar-refractivity contribution in [1.82, 2.24) is 10.6 Å². The third-order valence-corrected chi connectivity index (χ3v) is 2.81. The molecule has 1 rings (SSSR count). The molecule has 0 heterocycles. The zero-order valence-corrected chi connectivity index (χ0v) is 11.7. The first kappa shape index (κ1) is 15.5. The average molecular weight is 266 g/mol. The van der Waals surface area contributed by atoms with Gasteiger partial charge in [0.1, 0.15) is 5.75 Å². The molecule has 1 aromatic rings. The maximum absolute atomic E-state index is 11.5. The van der Waals surface area contributed by atoms with E-state index >= 15 is 0 Å². The fraction of sp³-hybridized carbons (Fsp3) is 0.500. The maximum atomic E-state index is 11.5. The van der Waals surface area contributed by atoms with Crippen LogP contribution in [0.3, 0.4) is 0 Å². The van der Waals surface area contributed by atoms with Gasteiger partial charge in [0.15, 0.2) is 6.61 Å². The Hall–Kier alpha value is -1.59. The molecular weight excluding hydrogens is 244 g/mol. The van der Waals surface area contributed by atoms with Gasteiger partial charge in [-0.25, -0.2) is 0 Å². The smallest absolute Gasteiger partial charge is 0.258 e. The van der Waals surface area contributed by atoms with Crippen molar-refractivity contribution < 1.29 is 14.3 Å². The lowest BCUT2D eigenvalue weighted by Gasteiger charge is -2.16. The molecule has 5 nitrogen and oxygen atoms in total. The van der Waals surface area contributed by atoms with Crippen molar-refractivity contribution in [3.05, 3.63) is 29.8 Å². The van der Waals surface area contributed by atoms with Crippen LogP contribution in [0.2, 0.25) is 0 Å².